The van der Waals surface area contributed by atoms with Gasteiger partial charge in [-0.25, -0.2) is 13.1 Å². The number of amides is 1. The van der Waals surface area contributed by atoms with Gasteiger partial charge in [-0.2, -0.15) is 0 Å². The molecule has 152 valence electrons. The van der Waals surface area contributed by atoms with E-state index >= 15 is 0 Å². The Morgan fingerprint density at radius 3 is 2.48 bits per heavy atom. The number of halogens is 1. The molecule has 1 saturated carbocycles. The van der Waals surface area contributed by atoms with Crippen molar-refractivity contribution in [3.05, 3.63) is 35.4 Å². The summed E-state index contributed by atoms with van der Waals surface area (Å²) in [5.41, 5.74) is 1.79. The average molecular weight is 416 g/mol. The third-order valence-electron chi connectivity index (χ3n) is 5.44. The van der Waals surface area contributed by atoms with Gasteiger partial charge in [0, 0.05) is 18.5 Å². The number of hydrogen-bond donors (Lipinski definition) is 3. The molecule has 1 unspecified atom stereocenters. The third kappa shape index (κ3) is 5.67. The van der Waals surface area contributed by atoms with Gasteiger partial charge in [0.15, 0.2) is 0 Å². The van der Waals surface area contributed by atoms with Gasteiger partial charge in [-0.3, -0.25) is 4.79 Å². The molecule has 1 aliphatic carbocycles. The molecule has 1 aromatic carbocycles. The van der Waals surface area contributed by atoms with E-state index in [0.29, 0.717) is 6.54 Å². The lowest BCUT2D eigenvalue weighted by molar-refractivity contribution is -0.123. The molecule has 1 amide bonds. The van der Waals surface area contributed by atoms with Crippen LogP contribution < -0.4 is 15.4 Å². The van der Waals surface area contributed by atoms with Crippen molar-refractivity contribution in [1.29, 1.82) is 0 Å². The normalized spacial score (nSPS) is 20.9. The van der Waals surface area contributed by atoms with Crippen LogP contribution in [0.1, 0.15) is 44.2 Å². The van der Waals surface area contributed by atoms with Crippen LogP contribution in [0.15, 0.2) is 24.3 Å². The summed E-state index contributed by atoms with van der Waals surface area (Å²) in [5, 5.41) is 6.37. The summed E-state index contributed by atoms with van der Waals surface area (Å²) in [7, 11) is -3.39. The fourth-order valence-corrected chi connectivity index (χ4v) is 5.47. The molecule has 8 heteroatoms. The largest absolute Gasteiger partial charge is 0.352 e. The molecule has 1 aromatic rings. The molecule has 0 bridgehead atoms. The number of benzene rings is 1. The lowest BCUT2D eigenvalue weighted by atomic mass is 9.92. The topological polar surface area (TPSA) is 87.3 Å². The quantitative estimate of drug-likeness (QED) is 0.635. The van der Waals surface area contributed by atoms with Gasteiger partial charge in [-0.15, -0.1) is 12.4 Å². The van der Waals surface area contributed by atoms with E-state index in [-0.39, 0.29) is 41.4 Å². The molecule has 1 aliphatic heterocycles. The Hall–Kier alpha value is -1.15. The van der Waals surface area contributed by atoms with Crippen LogP contribution in [-0.2, 0) is 27.1 Å². The summed E-state index contributed by atoms with van der Waals surface area (Å²) in [6, 6.07) is 7.26. The van der Waals surface area contributed by atoms with Crippen LogP contribution >= 0.6 is 12.4 Å². The van der Waals surface area contributed by atoms with E-state index in [4.69, 9.17) is 0 Å². The predicted molar refractivity (Wildman–Crippen MR) is 109 cm³/mol. The van der Waals surface area contributed by atoms with Crippen molar-refractivity contribution in [2.24, 2.45) is 11.3 Å². The SMILES string of the molecule is CC(C)NS(=O)(=O)Cc1ccccc1CNC(=O)C1CC12CCNCC2.Cl. The first kappa shape index (κ1) is 22.1. The van der Waals surface area contributed by atoms with Crippen LogP contribution in [0.25, 0.3) is 0 Å². The first-order valence-corrected chi connectivity index (χ1v) is 11.0. The average Bonchev–Trinajstić information content (AvgIpc) is 3.26. The molecular formula is C19H30ClN3O3S. The standard InChI is InChI=1S/C19H29N3O3S.ClH/c1-14(2)22-26(24,25)13-16-6-4-3-5-15(16)12-21-18(23)17-11-19(17)7-9-20-10-8-19;/h3-6,14,17,20,22H,7-13H2,1-2H3,(H,21,23);1H. The van der Waals surface area contributed by atoms with Gasteiger partial charge in [-0.1, -0.05) is 24.3 Å². The summed E-state index contributed by atoms with van der Waals surface area (Å²) in [6.45, 7) is 5.96. The minimum absolute atomic E-state index is 0. The fraction of sp³-hybridized carbons (Fsp3) is 0.632. The van der Waals surface area contributed by atoms with Gasteiger partial charge in [0.1, 0.15) is 0 Å². The summed E-state index contributed by atoms with van der Waals surface area (Å²) < 4.78 is 27.0. The van der Waals surface area contributed by atoms with E-state index < -0.39 is 10.0 Å². The van der Waals surface area contributed by atoms with Crippen LogP contribution in [0.3, 0.4) is 0 Å². The molecule has 1 spiro atoms. The molecule has 1 heterocycles. The number of hydrogen-bond acceptors (Lipinski definition) is 4. The molecule has 27 heavy (non-hydrogen) atoms. The monoisotopic (exact) mass is 415 g/mol. The van der Waals surface area contributed by atoms with Crippen LogP contribution in [0.2, 0.25) is 0 Å². The Bertz CT molecular complexity index is 761. The highest BCUT2D eigenvalue weighted by Crippen LogP contribution is 2.58. The van der Waals surface area contributed by atoms with Crippen molar-refractivity contribution in [3.63, 3.8) is 0 Å². The second-order valence-corrected chi connectivity index (χ2v) is 9.64. The number of piperidine rings is 1. The van der Waals surface area contributed by atoms with Crippen LogP contribution in [0, 0.1) is 11.3 Å². The zero-order valence-corrected chi connectivity index (χ0v) is 17.6. The van der Waals surface area contributed by atoms with Gasteiger partial charge in [0.2, 0.25) is 15.9 Å². The summed E-state index contributed by atoms with van der Waals surface area (Å²) in [4.78, 5) is 12.5. The Morgan fingerprint density at radius 2 is 1.85 bits per heavy atom. The fourth-order valence-electron chi connectivity index (χ4n) is 3.98. The van der Waals surface area contributed by atoms with E-state index in [2.05, 4.69) is 15.4 Å². The number of sulfonamides is 1. The Labute approximate surface area is 168 Å². The minimum Gasteiger partial charge on any atom is -0.352 e. The molecule has 3 rings (SSSR count). The minimum atomic E-state index is -3.39. The molecular weight excluding hydrogens is 386 g/mol. The lowest BCUT2D eigenvalue weighted by Crippen LogP contribution is -2.34. The van der Waals surface area contributed by atoms with E-state index in [9.17, 15) is 13.2 Å². The van der Waals surface area contributed by atoms with E-state index in [1.165, 1.54) is 0 Å². The zero-order valence-electron chi connectivity index (χ0n) is 16.0. The predicted octanol–water partition coefficient (Wildman–Crippen LogP) is 1.94. The highest BCUT2D eigenvalue weighted by Gasteiger charge is 2.57. The lowest BCUT2D eigenvalue weighted by Gasteiger charge is -2.23. The van der Waals surface area contributed by atoms with E-state index in [0.717, 1.165) is 43.5 Å². The maximum Gasteiger partial charge on any atom is 0.223 e. The Morgan fingerprint density at radius 1 is 1.22 bits per heavy atom. The summed E-state index contributed by atoms with van der Waals surface area (Å²) in [5.74, 6) is 0.143. The molecule has 1 saturated heterocycles. The van der Waals surface area contributed by atoms with Crippen molar-refractivity contribution in [2.75, 3.05) is 13.1 Å². The second kappa shape index (κ2) is 8.90. The van der Waals surface area contributed by atoms with Crippen LogP contribution in [0.5, 0.6) is 0 Å². The van der Waals surface area contributed by atoms with E-state index in [1.54, 1.807) is 13.8 Å². The maximum atomic E-state index is 12.5. The molecule has 2 fully saturated rings. The van der Waals surface area contributed by atoms with Gasteiger partial charge in [0.25, 0.3) is 0 Å². The van der Waals surface area contributed by atoms with Gasteiger partial charge < -0.3 is 10.6 Å². The number of carbonyl (C=O) groups is 1. The van der Waals surface area contributed by atoms with Crippen molar-refractivity contribution < 1.29 is 13.2 Å². The first-order chi connectivity index (χ1) is 12.3. The number of carbonyl (C=O) groups excluding carboxylic acids is 1. The molecule has 1 atom stereocenters. The second-order valence-electron chi connectivity index (χ2n) is 7.89. The van der Waals surface area contributed by atoms with E-state index in [1.807, 2.05) is 24.3 Å². The molecule has 0 radical (unpaired) electrons. The van der Waals surface area contributed by atoms with Gasteiger partial charge in [0.05, 0.1) is 5.75 Å². The van der Waals surface area contributed by atoms with Gasteiger partial charge in [-0.05, 0) is 62.7 Å². The Kier molecular flexibility index (Phi) is 7.30. The zero-order chi connectivity index (χ0) is 18.8. The highest BCUT2D eigenvalue weighted by atomic mass is 35.5. The van der Waals surface area contributed by atoms with Crippen LogP contribution in [0.4, 0.5) is 0 Å². The molecule has 2 aliphatic rings. The number of nitrogens with one attached hydrogen (secondary N) is 3. The summed E-state index contributed by atoms with van der Waals surface area (Å²) >= 11 is 0. The van der Waals surface area contributed by atoms with Gasteiger partial charge >= 0.3 is 0 Å². The van der Waals surface area contributed by atoms with Crippen LogP contribution in [-0.4, -0.2) is 33.5 Å². The highest BCUT2D eigenvalue weighted by molar-refractivity contribution is 7.88. The smallest absolute Gasteiger partial charge is 0.223 e. The molecule has 3 N–H and O–H groups in total. The van der Waals surface area contributed by atoms with Crippen molar-refractivity contribution >= 4 is 28.3 Å². The molecule has 6 nitrogen and oxygen atoms in total. The first-order valence-electron chi connectivity index (χ1n) is 9.37. The van der Waals surface area contributed by atoms with Crippen molar-refractivity contribution in [3.8, 4) is 0 Å². The van der Waals surface area contributed by atoms with Crippen molar-refractivity contribution in [1.82, 2.24) is 15.4 Å². The molecule has 0 aromatic heterocycles. The van der Waals surface area contributed by atoms with Crippen molar-refractivity contribution in [2.45, 2.75) is 51.4 Å². The maximum absolute atomic E-state index is 12.5. The third-order valence-corrected chi connectivity index (χ3v) is 6.96. The Balaban J connectivity index is 0.00000261. The number of rotatable bonds is 7. The summed E-state index contributed by atoms with van der Waals surface area (Å²) in [6.07, 6.45) is 3.12.